The maximum atomic E-state index is 13.0. The molecule has 3 nitrogen and oxygen atoms in total. The molecule has 1 heterocycles. The minimum Gasteiger partial charge on any atom is -0.321 e. The molecule has 114 valence electrons. The number of amides is 1. The number of hydrogen-bond donors (Lipinski definition) is 1. The Balaban J connectivity index is 1.99. The van der Waals surface area contributed by atoms with Gasteiger partial charge in [-0.3, -0.25) is 10.1 Å². The highest BCUT2D eigenvalue weighted by atomic mass is 16.2. The fourth-order valence-electron chi connectivity index (χ4n) is 3.90. The smallest absolute Gasteiger partial charge is 0.244 e. The lowest BCUT2D eigenvalue weighted by atomic mass is 9.97. The van der Waals surface area contributed by atoms with E-state index in [2.05, 4.69) is 49.2 Å². The Bertz CT molecular complexity index is 546. The minimum atomic E-state index is -0.282. The van der Waals surface area contributed by atoms with Gasteiger partial charge in [0.25, 0.3) is 0 Å². The average Bonchev–Trinajstić information content (AvgIpc) is 3.03. The van der Waals surface area contributed by atoms with E-state index in [0.29, 0.717) is 5.91 Å². The van der Waals surface area contributed by atoms with Crippen LogP contribution in [0.25, 0.3) is 0 Å². The third-order valence-corrected chi connectivity index (χ3v) is 5.05. The van der Waals surface area contributed by atoms with Crippen LogP contribution in [-0.2, 0) is 4.79 Å². The molecule has 2 fully saturated rings. The first-order chi connectivity index (χ1) is 10.1. The molecule has 1 spiro atoms. The summed E-state index contributed by atoms with van der Waals surface area (Å²) in [5.74, 6) is 0.327. The van der Waals surface area contributed by atoms with Crippen molar-refractivity contribution in [3.63, 3.8) is 0 Å². The van der Waals surface area contributed by atoms with Crippen molar-refractivity contribution in [3.8, 4) is 0 Å². The van der Waals surface area contributed by atoms with E-state index in [9.17, 15) is 4.79 Å². The van der Waals surface area contributed by atoms with Crippen LogP contribution in [-0.4, -0.2) is 22.9 Å². The Kier molecular flexibility index (Phi) is 3.78. The topological polar surface area (TPSA) is 32.3 Å². The van der Waals surface area contributed by atoms with Gasteiger partial charge in [0.15, 0.2) is 0 Å². The van der Waals surface area contributed by atoms with Crippen LogP contribution in [0.3, 0.4) is 0 Å². The van der Waals surface area contributed by atoms with Gasteiger partial charge in [0, 0.05) is 6.54 Å². The van der Waals surface area contributed by atoms with E-state index in [1.165, 1.54) is 16.7 Å². The largest absolute Gasteiger partial charge is 0.321 e. The van der Waals surface area contributed by atoms with E-state index < -0.39 is 0 Å². The molecule has 1 aromatic rings. The molecule has 0 aromatic heterocycles. The second-order valence-electron chi connectivity index (χ2n) is 6.69. The number of carbonyl (C=O) groups is 1. The van der Waals surface area contributed by atoms with Crippen LogP contribution in [0, 0.1) is 13.8 Å². The molecule has 1 saturated heterocycles. The molecule has 1 aliphatic heterocycles. The molecule has 1 unspecified atom stereocenters. The lowest BCUT2D eigenvalue weighted by Gasteiger charge is -2.25. The zero-order chi connectivity index (χ0) is 15.0. The van der Waals surface area contributed by atoms with Gasteiger partial charge in [0.2, 0.25) is 5.91 Å². The molecule has 1 amide bonds. The van der Waals surface area contributed by atoms with Gasteiger partial charge >= 0.3 is 0 Å². The molecule has 0 bridgehead atoms. The van der Waals surface area contributed by atoms with Crippen LogP contribution in [0.2, 0.25) is 0 Å². The van der Waals surface area contributed by atoms with E-state index in [4.69, 9.17) is 0 Å². The van der Waals surface area contributed by atoms with Gasteiger partial charge in [0.1, 0.15) is 6.17 Å². The van der Waals surface area contributed by atoms with Gasteiger partial charge < -0.3 is 4.90 Å². The number of rotatable bonds is 3. The molecule has 1 aliphatic carbocycles. The van der Waals surface area contributed by atoms with Crippen LogP contribution in [0.1, 0.15) is 61.9 Å². The summed E-state index contributed by atoms with van der Waals surface area (Å²) < 4.78 is 0. The molecule has 1 aromatic carbocycles. The number of benzene rings is 1. The summed E-state index contributed by atoms with van der Waals surface area (Å²) in [7, 11) is 0. The number of hydrogen-bond acceptors (Lipinski definition) is 2. The summed E-state index contributed by atoms with van der Waals surface area (Å²) in [6.07, 6.45) is 5.37. The molecular weight excluding hydrogens is 260 g/mol. The van der Waals surface area contributed by atoms with Crippen molar-refractivity contribution in [2.75, 3.05) is 6.54 Å². The van der Waals surface area contributed by atoms with Crippen LogP contribution >= 0.6 is 0 Å². The van der Waals surface area contributed by atoms with Gasteiger partial charge in [-0.15, -0.1) is 0 Å². The Hall–Kier alpha value is -1.35. The van der Waals surface area contributed by atoms with E-state index in [1.54, 1.807) is 0 Å². The van der Waals surface area contributed by atoms with Crippen LogP contribution in [0.4, 0.5) is 0 Å². The first kappa shape index (κ1) is 14.6. The molecule has 1 saturated carbocycles. The predicted octanol–water partition coefficient (Wildman–Crippen LogP) is 3.46. The summed E-state index contributed by atoms with van der Waals surface area (Å²) in [5.41, 5.74) is 3.51. The zero-order valence-electron chi connectivity index (χ0n) is 13.4. The summed E-state index contributed by atoms with van der Waals surface area (Å²) in [4.78, 5) is 15.0. The lowest BCUT2D eigenvalue weighted by Crippen LogP contribution is -2.44. The molecule has 0 radical (unpaired) electrons. The highest BCUT2D eigenvalue weighted by Crippen LogP contribution is 2.41. The molecule has 1 N–H and O–H groups in total. The number of aryl methyl sites for hydroxylation is 2. The SMILES string of the molecule is CCCN1C(=O)C2(CCCC2)NC1c1cc(C)ccc1C. The standard InChI is InChI=1S/C18H26N2O/c1-4-11-20-16(15-12-13(2)7-8-14(15)3)19-18(17(20)21)9-5-6-10-18/h7-8,12,16,19H,4-6,9-11H2,1-3H3. The molecule has 2 aliphatic rings. The Morgan fingerprint density at radius 2 is 2.00 bits per heavy atom. The highest BCUT2D eigenvalue weighted by Gasteiger charge is 2.52. The van der Waals surface area contributed by atoms with E-state index >= 15 is 0 Å². The molecule has 1 atom stereocenters. The van der Waals surface area contributed by atoms with Gasteiger partial charge in [-0.1, -0.05) is 43.5 Å². The number of carbonyl (C=O) groups excluding carboxylic acids is 1. The highest BCUT2D eigenvalue weighted by molar-refractivity contribution is 5.89. The van der Waals surface area contributed by atoms with Gasteiger partial charge in [-0.2, -0.15) is 0 Å². The van der Waals surface area contributed by atoms with Gasteiger partial charge in [-0.25, -0.2) is 0 Å². The summed E-state index contributed by atoms with van der Waals surface area (Å²) in [5, 5.41) is 3.71. The van der Waals surface area contributed by atoms with E-state index in [1.807, 2.05) is 0 Å². The first-order valence-corrected chi connectivity index (χ1v) is 8.23. The normalized spacial score (nSPS) is 24.2. The van der Waals surface area contributed by atoms with Crippen molar-refractivity contribution < 1.29 is 4.79 Å². The van der Waals surface area contributed by atoms with Crippen molar-refractivity contribution >= 4 is 5.91 Å². The van der Waals surface area contributed by atoms with Crippen molar-refractivity contribution in [1.29, 1.82) is 0 Å². The summed E-state index contributed by atoms with van der Waals surface area (Å²) in [6.45, 7) is 7.25. The lowest BCUT2D eigenvalue weighted by molar-refractivity contribution is -0.133. The fourth-order valence-corrected chi connectivity index (χ4v) is 3.90. The van der Waals surface area contributed by atoms with Gasteiger partial charge in [-0.05, 0) is 44.2 Å². The average molecular weight is 286 g/mol. The van der Waals surface area contributed by atoms with Crippen molar-refractivity contribution in [1.82, 2.24) is 10.2 Å². The number of nitrogens with one attached hydrogen (secondary N) is 1. The second-order valence-corrected chi connectivity index (χ2v) is 6.69. The van der Waals surface area contributed by atoms with Crippen LogP contribution < -0.4 is 5.32 Å². The molecular formula is C18H26N2O. The third-order valence-electron chi connectivity index (χ3n) is 5.05. The van der Waals surface area contributed by atoms with Crippen molar-refractivity contribution in [2.24, 2.45) is 0 Å². The van der Waals surface area contributed by atoms with Crippen LogP contribution in [0.15, 0.2) is 18.2 Å². The Morgan fingerprint density at radius 1 is 1.29 bits per heavy atom. The molecule has 3 heteroatoms. The zero-order valence-corrected chi connectivity index (χ0v) is 13.4. The number of nitrogens with zero attached hydrogens (tertiary/aromatic N) is 1. The van der Waals surface area contributed by atoms with Gasteiger partial charge in [0.05, 0.1) is 5.54 Å². The van der Waals surface area contributed by atoms with Crippen LogP contribution in [0.5, 0.6) is 0 Å². The van der Waals surface area contributed by atoms with E-state index in [0.717, 1.165) is 38.6 Å². The van der Waals surface area contributed by atoms with E-state index in [-0.39, 0.29) is 11.7 Å². The monoisotopic (exact) mass is 286 g/mol. The predicted molar refractivity (Wildman–Crippen MR) is 85.0 cm³/mol. The Labute approximate surface area is 127 Å². The maximum Gasteiger partial charge on any atom is 0.244 e. The molecule has 3 rings (SSSR count). The second kappa shape index (κ2) is 5.45. The molecule has 21 heavy (non-hydrogen) atoms. The fraction of sp³-hybridized carbons (Fsp3) is 0.611. The Morgan fingerprint density at radius 3 is 2.67 bits per heavy atom. The first-order valence-electron chi connectivity index (χ1n) is 8.23. The van der Waals surface area contributed by atoms with Crippen molar-refractivity contribution in [3.05, 3.63) is 34.9 Å². The maximum absolute atomic E-state index is 13.0. The third kappa shape index (κ3) is 2.38. The quantitative estimate of drug-likeness (QED) is 0.923. The summed E-state index contributed by atoms with van der Waals surface area (Å²) in [6, 6.07) is 6.54. The summed E-state index contributed by atoms with van der Waals surface area (Å²) >= 11 is 0. The minimum absolute atomic E-state index is 0.0513. The van der Waals surface area contributed by atoms with Crippen molar-refractivity contribution in [2.45, 2.75) is 64.6 Å².